The maximum absolute atomic E-state index is 14.1. The summed E-state index contributed by atoms with van der Waals surface area (Å²) < 4.78 is 0. The Hall–Kier alpha value is -5.16. The lowest BCUT2D eigenvalue weighted by Crippen LogP contribution is -2.68. The number of likely N-dealkylation sites (N-methyl/N-ethyl adjacent to an activating group) is 1. The number of phenolic OH excluding ortho intramolecular Hbond substituents is 1. The van der Waals surface area contributed by atoms with Crippen LogP contribution in [0.3, 0.4) is 0 Å². The van der Waals surface area contributed by atoms with E-state index in [0.717, 1.165) is 11.3 Å². The topological polar surface area (TPSA) is 250 Å². The number of carbonyl (C=O) groups excluding carboxylic acids is 3. The summed E-state index contributed by atoms with van der Waals surface area (Å²) in [7, 11) is 2.93. The summed E-state index contributed by atoms with van der Waals surface area (Å²) in [5.41, 5.74) is 1.73. The number of carbonyl (C=O) groups is 3. The normalized spacial score (nSPS) is 27.0. The highest BCUT2D eigenvalue weighted by molar-refractivity contribution is 7.14. The van der Waals surface area contributed by atoms with E-state index in [4.69, 9.17) is 5.73 Å². The summed E-state index contributed by atoms with van der Waals surface area (Å²) in [6.07, 6.45) is -1.70. The van der Waals surface area contributed by atoms with E-state index in [1.165, 1.54) is 43.3 Å². The monoisotopic (exact) mass is 663 g/mol. The number of fused-ring (bicyclic) bond motifs is 3. The Morgan fingerprint density at radius 1 is 1.17 bits per heavy atom. The highest BCUT2D eigenvalue weighted by atomic mass is 32.1. The number of aliphatic hydroxyl groups is 4. The van der Waals surface area contributed by atoms with E-state index in [2.05, 4.69) is 10.3 Å². The van der Waals surface area contributed by atoms with Gasteiger partial charge in [-0.25, -0.2) is 4.98 Å². The Labute approximate surface area is 270 Å². The molecule has 6 atom stereocenters. The molecule has 6 rings (SSSR count). The number of hydrogen-bond acceptors (Lipinski definition) is 14. The van der Waals surface area contributed by atoms with Gasteiger partial charge in [0, 0.05) is 34.6 Å². The zero-order chi connectivity index (χ0) is 34.3. The fourth-order valence-electron chi connectivity index (χ4n) is 7.08. The number of nitro benzene ring substituents is 1. The molecule has 0 unspecified atom stereocenters. The average molecular weight is 664 g/mol. The Balaban J connectivity index is 1.43. The Bertz CT molecular complexity index is 1970. The fourth-order valence-corrected chi connectivity index (χ4v) is 7.81. The minimum Gasteiger partial charge on any atom is -0.510 e. The molecule has 8 N–H and O–H groups in total. The molecule has 1 amide bonds. The van der Waals surface area contributed by atoms with E-state index in [1.807, 2.05) is 0 Å². The smallest absolute Gasteiger partial charge is 0.270 e. The van der Waals surface area contributed by atoms with E-state index in [0.29, 0.717) is 16.8 Å². The Morgan fingerprint density at radius 2 is 1.87 bits per heavy atom. The van der Waals surface area contributed by atoms with Crippen LogP contribution in [-0.4, -0.2) is 89.7 Å². The molecule has 2 aromatic carbocycles. The minimum atomic E-state index is -3.01. The van der Waals surface area contributed by atoms with Gasteiger partial charge < -0.3 is 36.6 Å². The molecule has 3 aromatic rings. The van der Waals surface area contributed by atoms with Gasteiger partial charge in [-0.2, -0.15) is 0 Å². The molecule has 15 nitrogen and oxygen atoms in total. The standard InChI is InChI=1S/C31H29N5O10S/c1-11-14-7-8-15(33-30-34-16(10-47-30)12-5-4-6-13(9-12)36(45)46)23(37)18(14)24(38)19-17(11)25(39)21-22(35(2)3)26(40)20(29(32)43)28(42)31(21,44)27(19)41/h4-11,17,21-22,25,37,39-41,44H,1-3H3,(H2,32,43)(H,33,34)/t11-,17+,21+,22-,25-,31-/m0/s1. The maximum atomic E-state index is 14.1. The molecule has 1 heterocycles. The number of thiazole rings is 1. The van der Waals surface area contributed by atoms with Crippen LogP contribution in [0.4, 0.5) is 16.5 Å². The number of anilines is 2. The predicted molar refractivity (Wildman–Crippen MR) is 167 cm³/mol. The van der Waals surface area contributed by atoms with Crippen LogP contribution in [0.2, 0.25) is 0 Å². The second-order valence-corrected chi connectivity index (χ2v) is 12.8. The number of aromatic hydroxyl groups is 1. The summed E-state index contributed by atoms with van der Waals surface area (Å²) in [4.78, 5) is 56.3. The minimum absolute atomic E-state index is 0.0426. The fraction of sp³-hybridized carbons (Fsp3) is 0.290. The largest absolute Gasteiger partial charge is 0.510 e. The van der Waals surface area contributed by atoms with Crippen molar-refractivity contribution >= 4 is 45.3 Å². The molecule has 0 bridgehead atoms. The molecular weight excluding hydrogens is 634 g/mol. The molecule has 0 radical (unpaired) electrons. The van der Waals surface area contributed by atoms with Crippen molar-refractivity contribution in [2.45, 2.75) is 30.6 Å². The van der Waals surface area contributed by atoms with Crippen molar-refractivity contribution in [2.75, 3.05) is 19.4 Å². The molecule has 244 valence electrons. The first-order chi connectivity index (χ1) is 22.1. The highest BCUT2D eigenvalue weighted by Gasteiger charge is 2.67. The molecular formula is C31H29N5O10S. The molecule has 47 heavy (non-hydrogen) atoms. The second kappa shape index (κ2) is 11.0. The van der Waals surface area contributed by atoms with Gasteiger partial charge in [-0.05, 0) is 31.6 Å². The summed E-state index contributed by atoms with van der Waals surface area (Å²) in [5, 5.41) is 73.5. The van der Waals surface area contributed by atoms with Gasteiger partial charge in [-0.3, -0.25) is 29.4 Å². The van der Waals surface area contributed by atoms with Gasteiger partial charge >= 0.3 is 0 Å². The number of phenols is 1. The van der Waals surface area contributed by atoms with Gasteiger partial charge in [0.15, 0.2) is 22.3 Å². The first-order valence-electron chi connectivity index (χ1n) is 14.3. The third kappa shape index (κ3) is 4.51. The van der Waals surface area contributed by atoms with E-state index < -0.39 is 86.3 Å². The van der Waals surface area contributed by atoms with Crippen LogP contribution in [0.5, 0.6) is 5.75 Å². The first kappa shape index (κ1) is 31.8. The SMILES string of the molecule is C[C@H]1c2ccc(Nc3nc(-c4cccc([N+](=O)[O-])c4)cs3)c(O)c2C(=O)C2=C(O)[C@]3(O)C(=O)C(C(N)=O)=C(O)[C@@H](N(C)C)[C@@H]3[C@@H](O)[C@@H]21. The van der Waals surface area contributed by atoms with Crippen molar-refractivity contribution in [2.24, 2.45) is 17.6 Å². The number of nitrogens with one attached hydrogen (secondary N) is 1. The van der Waals surface area contributed by atoms with E-state index in [-0.39, 0.29) is 22.1 Å². The number of aliphatic hydroxyl groups excluding tert-OH is 3. The average Bonchev–Trinajstić information content (AvgIpc) is 3.48. The number of hydrogen-bond donors (Lipinski definition) is 7. The molecule has 3 aliphatic carbocycles. The summed E-state index contributed by atoms with van der Waals surface area (Å²) >= 11 is 1.13. The lowest BCUT2D eigenvalue weighted by Gasteiger charge is -2.53. The highest BCUT2D eigenvalue weighted by Crippen LogP contribution is 2.56. The number of amides is 1. The number of nitrogens with two attached hydrogens (primary N) is 1. The van der Waals surface area contributed by atoms with Crippen LogP contribution in [-0.2, 0) is 9.59 Å². The zero-order valence-corrected chi connectivity index (χ0v) is 25.8. The Kier molecular flexibility index (Phi) is 7.43. The van der Waals surface area contributed by atoms with Crippen LogP contribution in [0.25, 0.3) is 11.3 Å². The van der Waals surface area contributed by atoms with Crippen molar-refractivity contribution in [1.82, 2.24) is 9.88 Å². The molecule has 16 heteroatoms. The van der Waals surface area contributed by atoms with Gasteiger partial charge in [0.1, 0.15) is 17.1 Å². The molecule has 0 saturated carbocycles. The third-order valence-electron chi connectivity index (χ3n) is 9.23. The molecule has 1 aromatic heterocycles. The number of aromatic nitrogens is 1. The third-order valence-corrected chi connectivity index (χ3v) is 9.99. The van der Waals surface area contributed by atoms with Crippen LogP contribution in [0, 0.1) is 22.0 Å². The molecule has 3 aliphatic rings. The molecule has 0 fully saturated rings. The van der Waals surface area contributed by atoms with Gasteiger partial charge in [0.25, 0.3) is 11.6 Å². The summed E-state index contributed by atoms with van der Waals surface area (Å²) in [6.45, 7) is 1.63. The lowest BCUT2D eigenvalue weighted by atomic mass is 9.55. The summed E-state index contributed by atoms with van der Waals surface area (Å²) in [6, 6.07) is 7.58. The van der Waals surface area contributed by atoms with E-state index in [9.17, 15) is 50.0 Å². The zero-order valence-electron chi connectivity index (χ0n) is 25.0. The maximum Gasteiger partial charge on any atom is 0.270 e. The van der Waals surface area contributed by atoms with Gasteiger partial charge in [0.05, 0.1) is 39.9 Å². The van der Waals surface area contributed by atoms with Crippen LogP contribution >= 0.6 is 11.3 Å². The van der Waals surface area contributed by atoms with Crippen molar-refractivity contribution in [3.63, 3.8) is 0 Å². The second-order valence-electron chi connectivity index (χ2n) is 11.9. The number of non-ortho nitro benzene ring substituents is 1. The number of nitrogens with zero attached hydrogens (tertiary/aromatic N) is 3. The van der Waals surface area contributed by atoms with Crippen molar-refractivity contribution in [1.29, 1.82) is 0 Å². The number of nitro groups is 1. The number of rotatable bonds is 6. The number of ketones is 2. The van der Waals surface area contributed by atoms with Crippen molar-refractivity contribution < 1.29 is 44.8 Å². The number of Topliss-reactive ketones (excluding diaryl/α,β-unsaturated/α-hetero) is 2. The number of benzene rings is 2. The molecule has 0 aliphatic heterocycles. The first-order valence-corrected chi connectivity index (χ1v) is 15.1. The van der Waals surface area contributed by atoms with E-state index >= 15 is 0 Å². The molecule has 0 saturated heterocycles. The predicted octanol–water partition coefficient (Wildman–Crippen LogP) is 2.43. The van der Waals surface area contributed by atoms with E-state index in [1.54, 1.807) is 24.4 Å². The quantitative estimate of drug-likeness (QED) is 0.0867. The van der Waals surface area contributed by atoms with Crippen LogP contribution in [0.15, 0.2) is 64.4 Å². The van der Waals surface area contributed by atoms with Crippen molar-refractivity contribution in [3.05, 3.63) is 85.7 Å². The number of primary amides is 1. The summed E-state index contributed by atoms with van der Waals surface area (Å²) in [5.74, 6) is -9.81. The van der Waals surface area contributed by atoms with Gasteiger partial charge in [-0.15, -0.1) is 11.3 Å². The molecule has 0 spiro atoms. The van der Waals surface area contributed by atoms with Crippen molar-refractivity contribution in [3.8, 4) is 17.0 Å². The van der Waals surface area contributed by atoms with Gasteiger partial charge in [0.2, 0.25) is 5.78 Å². The van der Waals surface area contributed by atoms with Gasteiger partial charge in [-0.1, -0.05) is 25.1 Å². The Morgan fingerprint density at radius 3 is 2.51 bits per heavy atom. The van der Waals surface area contributed by atoms with Crippen LogP contribution < -0.4 is 11.1 Å². The van der Waals surface area contributed by atoms with Crippen LogP contribution in [0.1, 0.15) is 28.8 Å². The lowest BCUT2D eigenvalue weighted by molar-refractivity contribution is -0.384.